The SMILES string of the molecule is CCCCC1CCC(CC(CC)CC)CC1. The van der Waals surface area contributed by atoms with Crippen LogP contribution in [0.15, 0.2) is 0 Å². The van der Waals surface area contributed by atoms with Crippen LogP contribution in [0.3, 0.4) is 0 Å². The highest BCUT2D eigenvalue weighted by atomic mass is 14.3. The van der Waals surface area contributed by atoms with Gasteiger partial charge in [-0.3, -0.25) is 0 Å². The lowest BCUT2D eigenvalue weighted by molar-refractivity contribution is 0.221. The van der Waals surface area contributed by atoms with Gasteiger partial charge in [0.1, 0.15) is 0 Å². The third kappa shape index (κ3) is 4.89. The monoisotopic (exact) mass is 224 g/mol. The van der Waals surface area contributed by atoms with E-state index in [1.54, 1.807) is 0 Å². The molecule has 96 valence electrons. The molecule has 0 N–H and O–H groups in total. The second-order valence-electron chi connectivity index (χ2n) is 5.95. The molecule has 1 saturated carbocycles. The van der Waals surface area contributed by atoms with Gasteiger partial charge in [-0.25, -0.2) is 0 Å². The molecule has 0 bridgehead atoms. The summed E-state index contributed by atoms with van der Waals surface area (Å²) in [6.45, 7) is 7.04. The summed E-state index contributed by atoms with van der Waals surface area (Å²) in [7, 11) is 0. The number of hydrogen-bond acceptors (Lipinski definition) is 0. The van der Waals surface area contributed by atoms with Crippen LogP contribution < -0.4 is 0 Å². The predicted molar refractivity (Wildman–Crippen MR) is 73.7 cm³/mol. The minimum absolute atomic E-state index is 1.01. The van der Waals surface area contributed by atoms with E-state index in [9.17, 15) is 0 Å². The van der Waals surface area contributed by atoms with Gasteiger partial charge in [0.15, 0.2) is 0 Å². The summed E-state index contributed by atoms with van der Waals surface area (Å²) in [4.78, 5) is 0. The van der Waals surface area contributed by atoms with E-state index in [0.29, 0.717) is 0 Å². The van der Waals surface area contributed by atoms with Gasteiger partial charge < -0.3 is 0 Å². The lowest BCUT2D eigenvalue weighted by Crippen LogP contribution is -2.17. The summed E-state index contributed by atoms with van der Waals surface area (Å²) < 4.78 is 0. The lowest BCUT2D eigenvalue weighted by Gasteiger charge is -2.30. The Morgan fingerprint density at radius 2 is 1.44 bits per heavy atom. The number of rotatable bonds is 7. The van der Waals surface area contributed by atoms with Gasteiger partial charge in [-0.2, -0.15) is 0 Å². The molecule has 0 aromatic carbocycles. The molecular weight excluding hydrogens is 192 g/mol. The second-order valence-corrected chi connectivity index (χ2v) is 5.95. The van der Waals surface area contributed by atoms with Crippen molar-refractivity contribution in [3.63, 3.8) is 0 Å². The van der Waals surface area contributed by atoms with Crippen molar-refractivity contribution in [3.8, 4) is 0 Å². The summed E-state index contributed by atoms with van der Waals surface area (Å²) in [5.74, 6) is 3.16. The maximum absolute atomic E-state index is 2.36. The Hall–Kier alpha value is 0. The van der Waals surface area contributed by atoms with Crippen LogP contribution >= 0.6 is 0 Å². The molecule has 1 fully saturated rings. The van der Waals surface area contributed by atoms with Crippen molar-refractivity contribution in [3.05, 3.63) is 0 Å². The first-order valence-corrected chi connectivity index (χ1v) is 7.80. The Balaban J connectivity index is 2.16. The molecule has 16 heavy (non-hydrogen) atoms. The van der Waals surface area contributed by atoms with Gasteiger partial charge in [0.25, 0.3) is 0 Å². The molecule has 0 spiro atoms. The summed E-state index contributed by atoms with van der Waals surface area (Å²) in [6.07, 6.45) is 14.8. The van der Waals surface area contributed by atoms with Crippen molar-refractivity contribution in [2.75, 3.05) is 0 Å². The van der Waals surface area contributed by atoms with Crippen molar-refractivity contribution < 1.29 is 0 Å². The molecule has 0 aliphatic heterocycles. The average Bonchev–Trinajstić information content (AvgIpc) is 2.35. The van der Waals surface area contributed by atoms with E-state index in [4.69, 9.17) is 0 Å². The first-order valence-electron chi connectivity index (χ1n) is 7.80. The number of hydrogen-bond donors (Lipinski definition) is 0. The molecule has 0 heteroatoms. The van der Waals surface area contributed by atoms with E-state index in [1.165, 1.54) is 64.2 Å². The van der Waals surface area contributed by atoms with Crippen LogP contribution in [0.4, 0.5) is 0 Å². The van der Waals surface area contributed by atoms with Gasteiger partial charge in [-0.1, -0.05) is 78.6 Å². The van der Waals surface area contributed by atoms with Crippen LogP contribution in [0.25, 0.3) is 0 Å². The summed E-state index contributed by atoms with van der Waals surface area (Å²) in [5, 5.41) is 0. The van der Waals surface area contributed by atoms with E-state index in [2.05, 4.69) is 20.8 Å². The minimum atomic E-state index is 1.01. The Morgan fingerprint density at radius 3 is 1.94 bits per heavy atom. The smallest absolute Gasteiger partial charge is 0.0411 e. The molecule has 0 aromatic rings. The average molecular weight is 224 g/mol. The molecule has 0 amide bonds. The first kappa shape index (κ1) is 14.1. The third-order valence-corrected chi connectivity index (χ3v) is 4.75. The fourth-order valence-corrected chi connectivity index (χ4v) is 3.34. The molecular formula is C16H32. The van der Waals surface area contributed by atoms with Gasteiger partial charge in [0.2, 0.25) is 0 Å². The Morgan fingerprint density at radius 1 is 0.875 bits per heavy atom. The lowest BCUT2D eigenvalue weighted by atomic mass is 9.76. The van der Waals surface area contributed by atoms with E-state index < -0.39 is 0 Å². The highest BCUT2D eigenvalue weighted by Crippen LogP contribution is 2.36. The van der Waals surface area contributed by atoms with Gasteiger partial charge in [0.05, 0.1) is 0 Å². The van der Waals surface area contributed by atoms with Gasteiger partial charge >= 0.3 is 0 Å². The predicted octanol–water partition coefficient (Wildman–Crippen LogP) is 5.81. The Kier molecular flexibility index (Phi) is 7.16. The van der Waals surface area contributed by atoms with Gasteiger partial charge in [-0.15, -0.1) is 0 Å². The fourth-order valence-electron chi connectivity index (χ4n) is 3.34. The number of unbranched alkanes of at least 4 members (excludes halogenated alkanes) is 1. The highest BCUT2D eigenvalue weighted by molar-refractivity contribution is 4.74. The van der Waals surface area contributed by atoms with Crippen molar-refractivity contribution in [1.29, 1.82) is 0 Å². The van der Waals surface area contributed by atoms with Crippen molar-refractivity contribution >= 4 is 0 Å². The summed E-state index contributed by atoms with van der Waals surface area (Å²) >= 11 is 0. The molecule has 0 heterocycles. The summed E-state index contributed by atoms with van der Waals surface area (Å²) in [5.41, 5.74) is 0. The van der Waals surface area contributed by atoms with Crippen LogP contribution in [0.5, 0.6) is 0 Å². The quantitative estimate of drug-likeness (QED) is 0.512. The zero-order valence-electron chi connectivity index (χ0n) is 11.8. The van der Waals surface area contributed by atoms with Crippen LogP contribution in [-0.2, 0) is 0 Å². The first-order chi connectivity index (χ1) is 7.80. The molecule has 0 saturated heterocycles. The molecule has 0 nitrogen and oxygen atoms in total. The molecule has 1 rings (SSSR count). The van der Waals surface area contributed by atoms with E-state index in [0.717, 1.165) is 17.8 Å². The Labute approximate surface area is 103 Å². The second kappa shape index (κ2) is 8.14. The highest BCUT2D eigenvalue weighted by Gasteiger charge is 2.22. The minimum Gasteiger partial charge on any atom is -0.0654 e. The van der Waals surface area contributed by atoms with Crippen molar-refractivity contribution in [1.82, 2.24) is 0 Å². The van der Waals surface area contributed by atoms with Crippen LogP contribution in [0.2, 0.25) is 0 Å². The molecule has 1 aliphatic rings. The maximum Gasteiger partial charge on any atom is -0.0411 e. The van der Waals surface area contributed by atoms with Crippen LogP contribution in [0.1, 0.15) is 85.0 Å². The van der Waals surface area contributed by atoms with Crippen LogP contribution in [0, 0.1) is 17.8 Å². The topological polar surface area (TPSA) is 0 Å². The molecule has 0 atom stereocenters. The van der Waals surface area contributed by atoms with Crippen LogP contribution in [-0.4, -0.2) is 0 Å². The van der Waals surface area contributed by atoms with Gasteiger partial charge in [0, 0.05) is 0 Å². The van der Waals surface area contributed by atoms with Crippen molar-refractivity contribution in [2.24, 2.45) is 17.8 Å². The van der Waals surface area contributed by atoms with Gasteiger partial charge in [-0.05, 0) is 24.2 Å². The third-order valence-electron chi connectivity index (χ3n) is 4.75. The van der Waals surface area contributed by atoms with Crippen molar-refractivity contribution in [2.45, 2.75) is 85.0 Å². The molecule has 0 unspecified atom stereocenters. The standard InChI is InChI=1S/C16H32/c1-4-7-8-15-9-11-16(12-10-15)13-14(5-2)6-3/h14-16H,4-13H2,1-3H3. The van der Waals surface area contributed by atoms with E-state index in [1.807, 2.05) is 0 Å². The zero-order chi connectivity index (χ0) is 11.8. The summed E-state index contributed by atoms with van der Waals surface area (Å²) in [6, 6.07) is 0. The normalized spacial score (nSPS) is 26.2. The van der Waals surface area contributed by atoms with E-state index >= 15 is 0 Å². The molecule has 0 aromatic heterocycles. The van der Waals surface area contributed by atoms with E-state index in [-0.39, 0.29) is 0 Å². The fraction of sp³-hybridized carbons (Fsp3) is 1.00. The molecule has 0 radical (unpaired) electrons. The largest absolute Gasteiger partial charge is 0.0654 e. The maximum atomic E-state index is 2.36. The molecule has 1 aliphatic carbocycles. The zero-order valence-corrected chi connectivity index (χ0v) is 11.8. The Bertz CT molecular complexity index is 149.